The third-order valence-electron chi connectivity index (χ3n) is 3.24. The van der Waals surface area contributed by atoms with Gasteiger partial charge in [0.2, 0.25) is 5.91 Å². The number of anilines is 3. The number of nitrogens with one attached hydrogen (secondary N) is 2. The predicted molar refractivity (Wildman–Crippen MR) is 98.0 cm³/mol. The van der Waals surface area contributed by atoms with Gasteiger partial charge in [-0.05, 0) is 38.1 Å². The summed E-state index contributed by atoms with van der Waals surface area (Å²) < 4.78 is 4.99. The molecule has 0 aliphatic carbocycles. The predicted octanol–water partition coefficient (Wildman–Crippen LogP) is 3.18. The Balaban J connectivity index is 1.97. The summed E-state index contributed by atoms with van der Waals surface area (Å²) >= 11 is 1.20. The number of aliphatic carboxylic acids is 1. The lowest BCUT2D eigenvalue weighted by Gasteiger charge is -2.06. The molecule has 0 radical (unpaired) electrons. The van der Waals surface area contributed by atoms with Gasteiger partial charge in [0.1, 0.15) is 4.88 Å². The van der Waals surface area contributed by atoms with Gasteiger partial charge in [0.25, 0.3) is 0 Å². The summed E-state index contributed by atoms with van der Waals surface area (Å²) in [6, 6.07) is 6.86. The lowest BCUT2D eigenvalue weighted by Crippen LogP contribution is -2.13. The highest BCUT2D eigenvalue weighted by molar-refractivity contribution is 7.17. The van der Waals surface area contributed by atoms with Crippen molar-refractivity contribution < 1.29 is 24.2 Å². The third kappa shape index (κ3) is 5.55. The van der Waals surface area contributed by atoms with E-state index in [-0.39, 0.29) is 18.7 Å². The first kappa shape index (κ1) is 19.4. The molecule has 3 N–H and O–H groups in total. The molecule has 0 unspecified atom stereocenters. The van der Waals surface area contributed by atoms with Crippen LogP contribution in [0, 0.1) is 6.92 Å². The summed E-state index contributed by atoms with van der Waals surface area (Å²) in [6.07, 6.45) is -0.290. The Morgan fingerprint density at radius 1 is 1.15 bits per heavy atom. The summed E-state index contributed by atoms with van der Waals surface area (Å²) in [6.45, 7) is 3.79. The minimum atomic E-state index is -1.01. The van der Waals surface area contributed by atoms with Gasteiger partial charge in [-0.15, -0.1) is 0 Å². The average Bonchev–Trinajstić information content (AvgIpc) is 2.95. The maximum Gasteiger partial charge on any atom is 0.350 e. The number of carbonyl (C=O) groups is 3. The average molecular weight is 377 g/mol. The van der Waals surface area contributed by atoms with Crippen molar-refractivity contribution in [3.05, 3.63) is 34.8 Å². The van der Waals surface area contributed by atoms with Crippen molar-refractivity contribution >= 4 is 45.7 Å². The van der Waals surface area contributed by atoms with E-state index >= 15 is 0 Å². The Morgan fingerprint density at radius 3 is 2.42 bits per heavy atom. The fourth-order valence-electron chi connectivity index (χ4n) is 2.04. The number of aryl methyl sites for hydroxylation is 1. The second-order valence-corrected chi connectivity index (χ2v) is 6.30. The fourth-order valence-corrected chi connectivity index (χ4v) is 2.92. The first-order valence-electron chi connectivity index (χ1n) is 7.92. The molecule has 26 heavy (non-hydrogen) atoms. The lowest BCUT2D eigenvalue weighted by molar-refractivity contribution is -0.138. The Hall–Kier alpha value is -2.94. The first-order valence-corrected chi connectivity index (χ1v) is 8.74. The smallest absolute Gasteiger partial charge is 0.350 e. The van der Waals surface area contributed by atoms with Crippen LogP contribution in [-0.4, -0.2) is 34.5 Å². The highest BCUT2D eigenvalue weighted by Crippen LogP contribution is 2.27. The van der Waals surface area contributed by atoms with E-state index in [1.807, 2.05) is 0 Å². The van der Waals surface area contributed by atoms with Crippen LogP contribution in [0.5, 0.6) is 0 Å². The summed E-state index contributed by atoms with van der Waals surface area (Å²) in [7, 11) is 0. The molecule has 0 atom stereocenters. The summed E-state index contributed by atoms with van der Waals surface area (Å²) in [5.41, 5.74) is 1.89. The number of nitrogens with zero attached hydrogens (tertiary/aromatic N) is 1. The van der Waals surface area contributed by atoms with E-state index in [4.69, 9.17) is 9.84 Å². The van der Waals surface area contributed by atoms with Crippen LogP contribution in [0.2, 0.25) is 0 Å². The summed E-state index contributed by atoms with van der Waals surface area (Å²) in [4.78, 5) is 38.6. The first-order chi connectivity index (χ1) is 12.4. The van der Waals surface area contributed by atoms with Gasteiger partial charge in [-0.3, -0.25) is 9.59 Å². The van der Waals surface area contributed by atoms with Crippen molar-refractivity contribution in [2.45, 2.75) is 26.7 Å². The van der Waals surface area contributed by atoms with Crippen molar-refractivity contribution in [1.82, 2.24) is 4.98 Å². The van der Waals surface area contributed by atoms with E-state index < -0.39 is 11.9 Å². The molecule has 9 heteroatoms. The number of amides is 1. The molecule has 1 amide bonds. The van der Waals surface area contributed by atoms with E-state index in [1.54, 1.807) is 38.1 Å². The van der Waals surface area contributed by atoms with Gasteiger partial charge < -0.3 is 20.5 Å². The molecule has 0 aliphatic rings. The van der Waals surface area contributed by atoms with E-state index in [2.05, 4.69) is 15.6 Å². The number of hydrogen-bond acceptors (Lipinski definition) is 7. The number of carbonyl (C=O) groups excluding carboxylic acids is 2. The molecule has 1 heterocycles. The zero-order valence-electron chi connectivity index (χ0n) is 14.4. The Morgan fingerprint density at radius 2 is 1.81 bits per heavy atom. The fraction of sp³-hybridized carbons (Fsp3) is 0.294. The second kappa shape index (κ2) is 8.95. The zero-order valence-corrected chi connectivity index (χ0v) is 15.2. The molecule has 1 aromatic heterocycles. The molecule has 0 saturated heterocycles. The standard InChI is InChI=1S/C17H19N3O5S/c1-3-25-16(24)15-10(2)18-17(26-15)20-12-6-4-11(5-7-12)19-13(21)8-9-14(22)23/h4-7H,3,8-9H2,1-2H3,(H,18,20)(H,19,21)(H,22,23). The number of hydrogen-bond donors (Lipinski definition) is 3. The Bertz CT molecular complexity index is 801. The normalized spacial score (nSPS) is 10.2. The maximum atomic E-state index is 11.8. The number of rotatable bonds is 8. The van der Waals surface area contributed by atoms with Crippen molar-refractivity contribution in [3.8, 4) is 0 Å². The van der Waals surface area contributed by atoms with Crippen molar-refractivity contribution in [1.29, 1.82) is 0 Å². The van der Waals surface area contributed by atoms with Crippen molar-refractivity contribution in [3.63, 3.8) is 0 Å². The Kier molecular flexibility index (Phi) is 6.67. The molecular formula is C17H19N3O5S. The maximum absolute atomic E-state index is 11.8. The van der Waals surface area contributed by atoms with Crippen LogP contribution in [0.4, 0.5) is 16.5 Å². The highest BCUT2D eigenvalue weighted by Gasteiger charge is 2.16. The molecule has 8 nitrogen and oxygen atoms in total. The van der Waals surface area contributed by atoms with Crippen LogP contribution >= 0.6 is 11.3 Å². The number of ether oxygens (including phenoxy) is 1. The molecule has 0 bridgehead atoms. The zero-order chi connectivity index (χ0) is 19.1. The molecule has 0 fully saturated rings. The van der Waals surface area contributed by atoms with Gasteiger partial charge in [0.15, 0.2) is 5.13 Å². The largest absolute Gasteiger partial charge is 0.481 e. The van der Waals surface area contributed by atoms with Crippen LogP contribution in [0.15, 0.2) is 24.3 Å². The minimum Gasteiger partial charge on any atom is -0.481 e. The van der Waals surface area contributed by atoms with Crippen LogP contribution < -0.4 is 10.6 Å². The monoisotopic (exact) mass is 377 g/mol. The van der Waals surface area contributed by atoms with Gasteiger partial charge in [0, 0.05) is 17.8 Å². The molecule has 2 rings (SSSR count). The van der Waals surface area contributed by atoms with E-state index in [9.17, 15) is 14.4 Å². The second-order valence-electron chi connectivity index (χ2n) is 5.30. The van der Waals surface area contributed by atoms with Crippen molar-refractivity contribution in [2.24, 2.45) is 0 Å². The topological polar surface area (TPSA) is 118 Å². The minimum absolute atomic E-state index is 0.0790. The molecular weight excluding hydrogens is 358 g/mol. The molecule has 0 saturated carbocycles. The lowest BCUT2D eigenvalue weighted by atomic mass is 10.2. The van der Waals surface area contributed by atoms with Crippen LogP contribution in [-0.2, 0) is 14.3 Å². The van der Waals surface area contributed by atoms with Gasteiger partial charge >= 0.3 is 11.9 Å². The summed E-state index contributed by atoms with van der Waals surface area (Å²) in [5, 5.41) is 14.8. The number of carboxylic acids is 1. The van der Waals surface area contributed by atoms with Crippen LogP contribution in [0.3, 0.4) is 0 Å². The van der Waals surface area contributed by atoms with Crippen LogP contribution in [0.25, 0.3) is 0 Å². The number of aromatic nitrogens is 1. The molecule has 1 aromatic carbocycles. The number of carboxylic acid groups (broad SMARTS) is 1. The van der Waals surface area contributed by atoms with Gasteiger partial charge in [-0.1, -0.05) is 11.3 Å². The Labute approximate surface area is 154 Å². The highest BCUT2D eigenvalue weighted by atomic mass is 32.1. The van der Waals surface area contributed by atoms with Crippen molar-refractivity contribution in [2.75, 3.05) is 17.2 Å². The van der Waals surface area contributed by atoms with Crippen LogP contribution in [0.1, 0.15) is 35.1 Å². The molecule has 138 valence electrons. The summed E-state index contributed by atoms with van der Waals surface area (Å²) in [5.74, 6) is -1.77. The van der Waals surface area contributed by atoms with E-state index in [0.29, 0.717) is 28.0 Å². The van der Waals surface area contributed by atoms with Gasteiger partial charge in [-0.25, -0.2) is 9.78 Å². The van der Waals surface area contributed by atoms with Gasteiger partial charge in [0.05, 0.1) is 18.7 Å². The molecule has 0 aliphatic heterocycles. The van der Waals surface area contributed by atoms with E-state index in [0.717, 1.165) is 5.69 Å². The number of esters is 1. The quantitative estimate of drug-likeness (QED) is 0.605. The SMILES string of the molecule is CCOC(=O)c1sc(Nc2ccc(NC(=O)CCC(=O)O)cc2)nc1C. The third-order valence-corrected chi connectivity index (χ3v) is 4.30. The molecule has 0 spiro atoms. The number of thiazole rings is 1. The molecule has 2 aromatic rings. The number of benzene rings is 1. The van der Waals surface area contributed by atoms with Gasteiger partial charge in [-0.2, -0.15) is 0 Å². The van der Waals surface area contributed by atoms with E-state index in [1.165, 1.54) is 11.3 Å².